The lowest BCUT2D eigenvalue weighted by Crippen LogP contribution is -2.42. The molecule has 4 nitrogen and oxygen atoms in total. The molecule has 0 spiro atoms. The number of hydrogen-bond donors (Lipinski definition) is 3. The molecular formula is C33H52O4. The zero-order valence-corrected chi connectivity index (χ0v) is 23.5. The van der Waals surface area contributed by atoms with Crippen LogP contribution in [-0.2, 0) is 12.8 Å². The highest BCUT2D eigenvalue weighted by molar-refractivity contribution is 5.31. The smallest absolute Gasteiger partial charge is 0.136 e. The van der Waals surface area contributed by atoms with Crippen LogP contribution in [0.2, 0.25) is 0 Å². The average Bonchev–Trinajstić information content (AvgIpc) is 2.94. The molecule has 1 atom stereocenters. The zero-order valence-electron chi connectivity index (χ0n) is 23.5. The predicted molar refractivity (Wildman–Crippen MR) is 154 cm³/mol. The fraction of sp³-hybridized carbons (Fsp3) is 0.636. The average molecular weight is 513 g/mol. The Hall–Kier alpha value is -1.88. The summed E-state index contributed by atoms with van der Waals surface area (Å²) < 4.78 is 6.36. The van der Waals surface area contributed by atoms with Crippen molar-refractivity contribution in [2.75, 3.05) is 19.8 Å². The Morgan fingerprint density at radius 3 is 1.41 bits per heavy atom. The Kier molecular flexibility index (Phi) is 15.6. The minimum absolute atomic E-state index is 0.375. The number of hydrogen-bond acceptors (Lipinski definition) is 4. The van der Waals surface area contributed by atoms with E-state index in [0.717, 1.165) is 18.4 Å². The monoisotopic (exact) mass is 512 g/mol. The second kappa shape index (κ2) is 18.4. The van der Waals surface area contributed by atoms with Crippen molar-refractivity contribution in [1.29, 1.82) is 0 Å². The van der Waals surface area contributed by atoms with Gasteiger partial charge in [-0.3, -0.25) is 0 Å². The molecule has 1 unspecified atom stereocenters. The van der Waals surface area contributed by atoms with Crippen molar-refractivity contribution >= 4 is 0 Å². The Balaban J connectivity index is 2.02. The maximum Gasteiger partial charge on any atom is 0.136 e. The van der Waals surface area contributed by atoms with Gasteiger partial charge in [-0.2, -0.15) is 0 Å². The first-order valence-electron chi connectivity index (χ1n) is 14.8. The van der Waals surface area contributed by atoms with Crippen LogP contribution in [-0.4, -0.2) is 35.1 Å². The molecule has 0 saturated carbocycles. The standard InChI is InChI=1S/C33H52O4/c1-3-5-7-9-11-13-15-28-17-21-30(22-18-28)32(33(25-34,26-35)27-36)37-31-23-19-29(20-24-31)16-14-12-10-8-6-4-2/h17-24,32,34-36H,3-16,25-27H2,1-2H3. The van der Waals surface area contributed by atoms with Gasteiger partial charge in [0.2, 0.25) is 0 Å². The molecule has 0 bridgehead atoms. The van der Waals surface area contributed by atoms with E-state index in [-0.39, 0.29) is 19.8 Å². The van der Waals surface area contributed by atoms with E-state index in [1.54, 1.807) is 0 Å². The van der Waals surface area contributed by atoms with Crippen LogP contribution < -0.4 is 4.74 Å². The fourth-order valence-electron chi connectivity index (χ4n) is 4.89. The minimum atomic E-state index is -1.18. The quantitative estimate of drug-likeness (QED) is 0.151. The molecule has 2 aromatic carbocycles. The summed E-state index contributed by atoms with van der Waals surface area (Å²) in [7, 11) is 0. The van der Waals surface area contributed by atoms with Gasteiger partial charge >= 0.3 is 0 Å². The molecule has 208 valence electrons. The van der Waals surface area contributed by atoms with Crippen LogP contribution in [0.1, 0.15) is 114 Å². The molecule has 0 aliphatic heterocycles. The lowest BCUT2D eigenvalue weighted by atomic mass is 9.80. The summed E-state index contributed by atoms with van der Waals surface area (Å²) in [4.78, 5) is 0. The Labute approximate surface area is 226 Å². The van der Waals surface area contributed by atoms with Crippen LogP contribution in [0, 0.1) is 5.41 Å². The summed E-state index contributed by atoms with van der Waals surface area (Å²) in [6, 6.07) is 16.4. The SMILES string of the molecule is CCCCCCCCc1ccc(OC(c2ccc(CCCCCCCC)cc2)C(CO)(CO)CO)cc1. The van der Waals surface area contributed by atoms with E-state index in [1.165, 1.54) is 88.2 Å². The highest BCUT2D eigenvalue weighted by Gasteiger charge is 2.40. The van der Waals surface area contributed by atoms with Gasteiger partial charge in [-0.05, 0) is 54.5 Å². The predicted octanol–water partition coefficient (Wildman–Crippen LogP) is 7.58. The molecule has 0 radical (unpaired) electrons. The van der Waals surface area contributed by atoms with Gasteiger partial charge in [0, 0.05) is 0 Å². The molecule has 0 saturated heterocycles. The van der Waals surface area contributed by atoms with Crippen molar-refractivity contribution in [3.05, 3.63) is 65.2 Å². The molecule has 2 rings (SSSR count). The van der Waals surface area contributed by atoms with Crippen LogP contribution in [0.15, 0.2) is 48.5 Å². The third kappa shape index (κ3) is 10.8. The first-order chi connectivity index (χ1) is 18.1. The fourth-order valence-corrected chi connectivity index (χ4v) is 4.89. The third-order valence-corrected chi connectivity index (χ3v) is 7.60. The first kappa shape index (κ1) is 31.3. The number of rotatable bonds is 21. The van der Waals surface area contributed by atoms with Gasteiger partial charge in [-0.25, -0.2) is 0 Å². The molecular weight excluding hydrogens is 460 g/mol. The lowest BCUT2D eigenvalue weighted by Gasteiger charge is -2.36. The number of aliphatic hydroxyl groups is 3. The van der Waals surface area contributed by atoms with Crippen LogP contribution in [0.3, 0.4) is 0 Å². The van der Waals surface area contributed by atoms with Crippen molar-refractivity contribution in [3.8, 4) is 5.75 Å². The largest absolute Gasteiger partial charge is 0.485 e. The number of benzene rings is 2. The molecule has 3 N–H and O–H groups in total. The minimum Gasteiger partial charge on any atom is -0.485 e. The summed E-state index contributed by atoms with van der Waals surface area (Å²) in [6.07, 6.45) is 16.8. The maximum absolute atomic E-state index is 10.2. The van der Waals surface area contributed by atoms with Gasteiger partial charge in [-0.1, -0.05) is 114 Å². The number of ether oxygens (including phenoxy) is 1. The zero-order chi connectivity index (χ0) is 26.8. The van der Waals surface area contributed by atoms with Crippen LogP contribution in [0.5, 0.6) is 5.75 Å². The number of aliphatic hydroxyl groups excluding tert-OH is 3. The van der Waals surface area contributed by atoms with Crippen molar-refractivity contribution < 1.29 is 20.1 Å². The molecule has 0 aromatic heterocycles. The number of unbranched alkanes of at least 4 members (excludes halogenated alkanes) is 10. The van der Waals surface area contributed by atoms with E-state index in [4.69, 9.17) is 4.74 Å². The Bertz CT molecular complexity index is 803. The van der Waals surface area contributed by atoms with Crippen LogP contribution in [0.25, 0.3) is 0 Å². The summed E-state index contributed by atoms with van der Waals surface area (Å²) in [5, 5.41) is 30.5. The highest BCUT2D eigenvalue weighted by atomic mass is 16.5. The van der Waals surface area contributed by atoms with Crippen LogP contribution >= 0.6 is 0 Å². The van der Waals surface area contributed by atoms with Gasteiger partial charge in [0.05, 0.1) is 25.2 Å². The molecule has 0 aliphatic rings. The van der Waals surface area contributed by atoms with Crippen molar-refractivity contribution in [2.45, 2.75) is 110 Å². The van der Waals surface area contributed by atoms with E-state index in [2.05, 4.69) is 38.1 Å². The van der Waals surface area contributed by atoms with Crippen molar-refractivity contribution in [3.63, 3.8) is 0 Å². The molecule has 37 heavy (non-hydrogen) atoms. The second-order valence-electron chi connectivity index (χ2n) is 10.8. The summed E-state index contributed by atoms with van der Waals surface area (Å²) in [5.74, 6) is 0.674. The summed E-state index contributed by atoms with van der Waals surface area (Å²) >= 11 is 0. The molecule has 2 aromatic rings. The van der Waals surface area contributed by atoms with E-state index < -0.39 is 11.5 Å². The Morgan fingerprint density at radius 1 is 0.568 bits per heavy atom. The normalized spacial score (nSPS) is 12.6. The maximum atomic E-state index is 10.2. The van der Waals surface area contributed by atoms with E-state index in [1.807, 2.05) is 24.3 Å². The van der Waals surface area contributed by atoms with E-state index in [9.17, 15) is 15.3 Å². The summed E-state index contributed by atoms with van der Waals surface area (Å²) in [6.45, 7) is 3.36. The highest BCUT2D eigenvalue weighted by Crippen LogP contribution is 2.38. The van der Waals surface area contributed by atoms with Gasteiger partial charge in [-0.15, -0.1) is 0 Å². The van der Waals surface area contributed by atoms with Crippen LogP contribution in [0.4, 0.5) is 0 Å². The van der Waals surface area contributed by atoms with E-state index in [0.29, 0.717) is 5.75 Å². The van der Waals surface area contributed by atoms with Crippen molar-refractivity contribution in [2.24, 2.45) is 5.41 Å². The molecule has 0 amide bonds. The molecule has 0 heterocycles. The molecule has 4 heteroatoms. The van der Waals surface area contributed by atoms with Crippen molar-refractivity contribution in [1.82, 2.24) is 0 Å². The van der Waals surface area contributed by atoms with Gasteiger partial charge in [0.25, 0.3) is 0 Å². The van der Waals surface area contributed by atoms with E-state index >= 15 is 0 Å². The third-order valence-electron chi connectivity index (χ3n) is 7.60. The number of aryl methyl sites for hydroxylation is 2. The molecule has 0 aliphatic carbocycles. The topological polar surface area (TPSA) is 69.9 Å². The first-order valence-corrected chi connectivity index (χ1v) is 14.8. The van der Waals surface area contributed by atoms with Gasteiger partial charge in [0.1, 0.15) is 11.9 Å². The lowest BCUT2D eigenvalue weighted by molar-refractivity contribution is -0.0742. The second-order valence-corrected chi connectivity index (χ2v) is 10.8. The van der Waals surface area contributed by atoms with Gasteiger partial charge in [0.15, 0.2) is 0 Å². The molecule has 0 fully saturated rings. The Morgan fingerprint density at radius 2 is 0.973 bits per heavy atom. The summed E-state index contributed by atoms with van der Waals surface area (Å²) in [5.41, 5.74) is 2.23. The van der Waals surface area contributed by atoms with Gasteiger partial charge < -0.3 is 20.1 Å².